The molecule has 4 rings (SSSR count). The summed E-state index contributed by atoms with van der Waals surface area (Å²) in [6.45, 7) is 2.45. The number of nitrogens with zero attached hydrogens (tertiary/aromatic N) is 2. The summed E-state index contributed by atoms with van der Waals surface area (Å²) in [7, 11) is 0. The van der Waals surface area contributed by atoms with Gasteiger partial charge in [-0.05, 0) is 60.3 Å². The van der Waals surface area contributed by atoms with Crippen LogP contribution in [0.4, 0.5) is 11.4 Å². The Morgan fingerprint density at radius 3 is 1.51 bits per heavy atom. The third-order valence-electron chi connectivity index (χ3n) is 6.52. The highest BCUT2D eigenvalue weighted by Gasteiger charge is 2.08. The third kappa shape index (κ3) is 9.12. The SMILES string of the molecule is [O-][N+](=Nc1ccc(CCNC[C@H](O)c2ccccc2)cc1)c1ccc(CCNC[C@H](O)c2ccccc2)cc1. The summed E-state index contributed by atoms with van der Waals surface area (Å²) < 4.78 is 0. The fourth-order valence-electron chi connectivity index (χ4n) is 4.21. The molecule has 2 atom stereocenters. The fourth-order valence-corrected chi connectivity index (χ4v) is 4.21. The molecule has 0 aliphatic heterocycles. The number of benzene rings is 4. The van der Waals surface area contributed by atoms with E-state index in [4.69, 9.17) is 0 Å². The standard InChI is InChI=1S/C32H36N4O3/c37-31(27-7-3-1-4-8-27)23-33-21-19-25-11-15-29(16-12-25)35-36(39)30-17-13-26(14-18-30)20-22-34-24-32(38)28-9-5-2-6-10-28/h1-18,31-34,37-38H,19-24H2/t31-,32-/m0/s1. The minimum atomic E-state index is -0.533. The first-order valence-electron chi connectivity index (χ1n) is 13.3. The van der Waals surface area contributed by atoms with Crippen LogP contribution in [0.25, 0.3) is 0 Å². The van der Waals surface area contributed by atoms with Gasteiger partial charge in [-0.1, -0.05) is 89.8 Å². The van der Waals surface area contributed by atoms with E-state index < -0.39 is 12.2 Å². The van der Waals surface area contributed by atoms with E-state index in [1.807, 2.05) is 97.1 Å². The number of azo groups is 1. The van der Waals surface area contributed by atoms with Crippen LogP contribution in [-0.4, -0.2) is 41.3 Å². The van der Waals surface area contributed by atoms with Gasteiger partial charge in [0.05, 0.1) is 12.2 Å². The Morgan fingerprint density at radius 1 is 0.615 bits per heavy atom. The molecule has 0 radical (unpaired) electrons. The van der Waals surface area contributed by atoms with E-state index in [1.165, 1.54) is 0 Å². The lowest BCUT2D eigenvalue weighted by Crippen LogP contribution is -2.23. The van der Waals surface area contributed by atoms with Crippen molar-refractivity contribution < 1.29 is 15.1 Å². The molecule has 0 bridgehead atoms. The minimum Gasteiger partial charge on any atom is -0.594 e. The molecule has 0 aromatic heterocycles. The van der Waals surface area contributed by atoms with E-state index >= 15 is 0 Å². The van der Waals surface area contributed by atoms with Gasteiger partial charge in [-0.15, -0.1) is 0 Å². The van der Waals surface area contributed by atoms with E-state index in [9.17, 15) is 15.4 Å². The third-order valence-corrected chi connectivity index (χ3v) is 6.52. The predicted molar refractivity (Wildman–Crippen MR) is 154 cm³/mol. The second-order valence-electron chi connectivity index (χ2n) is 9.47. The Kier molecular flexibility index (Phi) is 10.7. The summed E-state index contributed by atoms with van der Waals surface area (Å²) in [6.07, 6.45) is 0.540. The van der Waals surface area contributed by atoms with Gasteiger partial charge in [0, 0.05) is 30.3 Å². The van der Waals surface area contributed by atoms with Gasteiger partial charge in [-0.2, -0.15) is 0 Å². The lowest BCUT2D eigenvalue weighted by molar-refractivity contribution is -0.435. The number of rotatable bonds is 14. The molecular weight excluding hydrogens is 488 g/mol. The molecule has 39 heavy (non-hydrogen) atoms. The quantitative estimate of drug-likeness (QED) is 0.0771. The number of aliphatic hydroxyl groups is 2. The van der Waals surface area contributed by atoms with Crippen molar-refractivity contribution in [1.29, 1.82) is 0 Å². The molecule has 0 spiro atoms. The average molecular weight is 525 g/mol. The molecule has 4 aromatic rings. The summed E-state index contributed by atoms with van der Waals surface area (Å²) in [5.41, 5.74) is 5.09. The maximum atomic E-state index is 12.5. The number of nitrogens with one attached hydrogen (secondary N) is 2. The zero-order valence-electron chi connectivity index (χ0n) is 22.0. The molecule has 4 N–H and O–H groups in total. The molecule has 0 fully saturated rings. The molecule has 4 aromatic carbocycles. The molecule has 0 aliphatic rings. The van der Waals surface area contributed by atoms with Crippen LogP contribution in [0.15, 0.2) is 114 Å². The first kappa shape index (κ1) is 28.1. The van der Waals surface area contributed by atoms with Crippen LogP contribution in [0.5, 0.6) is 0 Å². The number of hydrogen-bond acceptors (Lipinski definition) is 6. The van der Waals surface area contributed by atoms with E-state index in [2.05, 4.69) is 15.7 Å². The maximum absolute atomic E-state index is 12.5. The van der Waals surface area contributed by atoms with Gasteiger partial charge >= 0.3 is 0 Å². The van der Waals surface area contributed by atoms with E-state index in [0.717, 1.165) is 48.2 Å². The Labute approximate surface area is 230 Å². The van der Waals surface area contributed by atoms with Crippen LogP contribution in [0.3, 0.4) is 0 Å². The van der Waals surface area contributed by atoms with Crippen molar-refractivity contribution in [2.45, 2.75) is 25.0 Å². The molecule has 202 valence electrons. The van der Waals surface area contributed by atoms with Gasteiger partial charge in [-0.3, -0.25) is 0 Å². The summed E-state index contributed by atoms with van der Waals surface area (Å²) in [5, 5.41) is 43.7. The largest absolute Gasteiger partial charge is 0.594 e. The van der Waals surface area contributed by atoms with Gasteiger partial charge in [0.15, 0.2) is 0 Å². The summed E-state index contributed by atoms with van der Waals surface area (Å²) in [5.74, 6) is 0. The summed E-state index contributed by atoms with van der Waals surface area (Å²) in [6, 6.07) is 34.2. The lowest BCUT2D eigenvalue weighted by atomic mass is 10.1. The summed E-state index contributed by atoms with van der Waals surface area (Å²) >= 11 is 0. The topological polar surface area (TPSA) is 103 Å². The van der Waals surface area contributed by atoms with Crippen molar-refractivity contribution in [3.8, 4) is 0 Å². The van der Waals surface area contributed by atoms with Gasteiger partial charge in [0.2, 0.25) is 5.69 Å². The summed E-state index contributed by atoms with van der Waals surface area (Å²) in [4.78, 5) is 0.639. The maximum Gasteiger partial charge on any atom is 0.244 e. The molecular formula is C32H36N4O3. The molecule has 0 aliphatic carbocycles. The van der Waals surface area contributed by atoms with Gasteiger partial charge in [-0.25, -0.2) is 0 Å². The van der Waals surface area contributed by atoms with Gasteiger partial charge in [0.1, 0.15) is 5.69 Å². The van der Waals surface area contributed by atoms with Crippen LogP contribution >= 0.6 is 0 Å². The van der Waals surface area contributed by atoms with E-state index in [1.54, 1.807) is 12.1 Å². The van der Waals surface area contributed by atoms with Crippen molar-refractivity contribution in [3.05, 3.63) is 137 Å². The van der Waals surface area contributed by atoms with Crippen LogP contribution < -0.4 is 10.6 Å². The molecule has 0 heterocycles. The smallest absolute Gasteiger partial charge is 0.244 e. The minimum absolute atomic E-state index is 0.469. The predicted octanol–water partition coefficient (Wildman–Crippen LogP) is 5.34. The van der Waals surface area contributed by atoms with Crippen molar-refractivity contribution in [1.82, 2.24) is 10.6 Å². The highest BCUT2D eigenvalue weighted by molar-refractivity contribution is 5.39. The van der Waals surface area contributed by atoms with Crippen molar-refractivity contribution >= 4 is 11.4 Å². The van der Waals surface area contributed by atoms with Crippen LogP contribution in [0, 0.1) is 5.21 Å². The van der Waals surface area contributed by atoms with Crippen LogP contribution in [0.1, 0.15) is 34.5 Å². The van der Waals surface area contributed by atoms with Crippen molar-refractivity contribution in [2.24, 2.45) is 5.11 Å². The molecule has 0 amide bonds. The average Bonchev–Trinajstić information content (AvgIpc) is 2.99. The number of hydrogen-bond donors (Lipinski definition) is 4. The van der Waals surface area contributed by atoms with Crippen molar-refractivity contribution in [3.63, 3.8) is 0 Å². The molecule has 0 saturated carbocycles. The zero-order valence-corrected chi connectivity index (χ0v) is 22.0. The Morgan fingerprint density at radius 2 is 1.05 bits per heavy atom. The molecule has 7 nitrogen and oxygen atoms in total. The highest BCUT2D eigenvalue weighted by atomic mass is 16.5. The molecule has 7 heteroatoms. The molecule has 0 saturated heterocycles. The monoisotopic (exact) mass is 524 g/mol. The Bertz CT molecular complexity index is 1280. The van der Waals surface area contributed by atoms with Gasteiger partial charge < -0.3 is 26.1 Å². The second-order valence-corrected chi connectivity index (χ2v) is 9.47. The Balaban J connectivity index is 1.18. The first-order valence-corrected chi connectivity index (χ1v) is 13.3. The van der Waals surface area contributed by atoms with Crippen LogP contribution in [-0.2, 0) is 12.8 Å². The van der Waals surface area contributed by atoms with E-state index in [0.29, 0.717) is 29.3 Å². The molecule has 0 unspecified atom stereocenters. The normalized spacial score (nSPS) is 13.2. The second kappa shape index (κ2) is 14.9. The first-order chi connectivity index (χ1) is 19.1. The zero-order chi connectivity index (χ0) is 27.3. The van der Waals surface area contributed by atoms with Crippen molar-refractivity contribution in [2.75, 3.05) is 26.2 Å². The lowest BCUT2D eigenvalue weighted by Gasteiger charge is -2.12. The number of aliphatic hydroxyl groups excluding tert-OH is 2. The Hall–Kier alpha value is -3.88. The van der Waals surface area contributed by atoms with E-state index in [-0.39, 0.29) is 0 Å². The van der Waals surface area contributed by atoms with Gasteiger partial charge in [0.25, 0.3) is 0 Å². The fraction of sp³-hybridized carbons (Fsp3) is 0.250. The highest BCUT2D eigenvalue weighted by Crippen LogP contribution is 2.19. The van der Waals surface area contributed by atoms with Crippen LogP contribution in [0.2, 0.25) is 0 Å².